The van der Waals surface area contributed by atoms with Crippen LogP contribution in [0.1, 0.15) is 26.2 Å². The van der Waals surface area contributed by atoms with E-state index < -0.39 is 0 Å². The Hall–Kier alpha value is -0.710. The fourth-order valence-electron chi connectivity index (χ4n) is 1.85. The van der Waals surface area contributed by atoms with Crippen LogP contribution in [0, 0.1) is 0 Å². The Morgan fingerprint density at radius 1 is 1.47 bits per heavy atom. The van der Waals surface area contributed by atoms with Gasteiger partial charge in [0.15, 0.2) is 5.82 Å². The minimum atomic E-state index is 0.438. The van der Waals surface area contributed by atoms with E-state index in [0.29, 0.717) is 21.9 Å². The molecule has 0 aliphatic heterocycles. The molecule has 4 nitrogen and oxygen atoms in total. The highest BCUT2D eigenvalue weighted by molar-refractivity contribution is 6.37. The van der Waals surface area contributed by atoms with E-state index in [9.17, 15) is 0 Å². The highest BCUT2D eigenvalue weighted by Crippen LogP contribution is 2.37. The number of nitrogens with two attached hydrogens (primary N) is 1. The highest BCUT2D eigenvalue weighted by atomic mass is 35.5. The Labute approximate surface area is 111 Å². The van der Waals surface area contributed by atoms with Crippen LogP contribution in [0.2, 0.25) is 10.0 Å². The third-order valence-corrected chi connectivity index (χ3v) is 3.34. The number of pyridine rings is 1. The standard InChI is InChI=1S/C11H16Cl2N4/c1-2-5-17(7-3-4-7)11-9(13)6-8(12)10(15-11)16-14/h6-7H,2-5,14H2,1H3,(H,15,16). The van der Waals surface area contributed by atoms with E-state index in [1.54, 1.807) is 6.07 Å². The maximum Gasteiger partial charge on any atom is 0.161 e. The van der Waals surface area contributed by atoms with Crippen molar-refractivity contribution in [1.82, 2.24) is 4.98 Å². The van der Waals surface area contributed by atoms with E-state index in [4.69, 9.17) is 29.0 Å². The molecule has 0 spiro atoms. The zero-order valence-corrected chi connectivity index (χ0v) is 11.2. The number of hydrogen-bond acceptors (Lipinski definition) is 4. The average Bonchev–Trinajstić information content (AvgIpc) is 3.11. The van der Waals surface area contributed by atoms with Crippen molar-refractivity contribution in [3.05, 3.63) is 16.1 Å². The van der Waals surface area contributed by atoms with E-state index in [1.807, 2.05) is 0 Å². The van der Waals surface area contributed by atoms with Gasteiger partial charge in [0.1, 0.15) is 5.82 Å². The zero-order chi connectivity index (χ0) is 12.4. The summed E-state index contributed by atoms with van der Waals surface area (Å²) in [5.41, 5.74) is 2.49. The van der Waals surface area contributed by atoms with Crippen LogP contribution in [-0.2, 0) is 0 Å². The molecule has 0 saturated heterocycles. The molecule has 0 aromatic carbocycles. The van der Waals surface area contributed by atoms with E-state index in [1.165, 1.54) is 12.8 Å². The maximum atomic E-state index is 6.20. The van der Waals surface area contributed by atoms with Crippen molar-refractivity contribution in [3.63, 3.8) is 0 Å². The molecule has 1 saturated carbocycles. The fraction of sp³-hybridized carbons (Fsp3) is 0.545. The van der Waals surface area contributed by atoms with Crippen molar-refractivity contribution in [2.24, 2.45) is 5.84 Å². The SMILES string of the molecule is CCCN(c1nc(NN)c(Cl)cc1Cl)C1CC1. The maximum absolute atomic E-state index is 6.20. The minimum absolute atomic E-state index is 0.438. The first-order valence-corrected chi connectivity index (χ1v) is 6.52. The number of aromatic nitrogens is 1. The Morgan fingerprint density at radius 2 is 2.18 bits per heavy atom. The molecule has 0 unspecified atom stereocenters. The number of rotatable bonds is 5. The van der Waals surface area contributed by atoms with Gasteiger partial charge in [-0.1, -0.05) is 30.1 Å². The summed E-state index contributed by atoms with van der Waals surface area (Å²) in [5.74, 6) is 6.61. The van der Waals surface area contributed by atoms with Crippen molar-refractivity contribution in [2.45, 2.75) is 32.2 Å². The lowest BCUT2D eigenvalue weighted by molar-refractivity contribution is 0.751. The summed E-state index contributed by atoms with van der Waals surface area (Å²) in [6, 6.07) is 2.25. The van der Waals surface area contributed by atoms with Crippen LogP contribution >= 0.6 is 23.2 Å². The van der Waals surface area contributed by atoms with Gasteiger partial charge < -0.3 is 10.3 Å². The first-order chi connectivity index (χ1) is 8.17. The smallest absolute Gasteiger partial charge is 0.161 e. The van der Waals surface area contributed by atoms with Crippen molar-refractivity contribution < 1.29 is 0 Å². The van der Waals surface area contributed by atoms with Gasteiger partial charge in [-0.3, -0.25) is 0 Å². The fourth-order valence-corrected chi connectivity index (χ4v) is 2.37. The summed E-state index contributed by atoms with van der Waals surface area (Å²) in [4.78, 5) is 6.63. The summed E-state index contributed by atoms with van der Waals surface area (Å²) < 4.78 is 0. The lowest BCUT2D eigenvalue weighted by atomic mass is 10.3. The molecule has 1 aliphatic rings. The summed E-state index contributed by atoms with van der Waals surface area (Å²) in [5, 5.41) is 1.02. The normalized spacial score (nSPS) is 14.8. The predicted molar refractivity (Wildman–Crippen MR) is 72.7 cm³/mol. The Kier molecular flexibility index (Phi) is 3.97. The molecule has 1 heterocycles. The van der Waals surface area contributed by atoms with Crippen LogP contribution in [-0.4, -0.2) is 17.6 Å². The molecule has 1 aromatic rings. The quantitative estimate of drug-likeness (QED) is 0.640. The number of nitrogens with zero attached hydrogens (tertiary/aromatic N) is 2. The van der Waals surface area contributed by atoms with Crippen LogP contribution in [0.3, 0.4) is 0 Å². The molecule has 1 aromatic heterocycles. The number of hydrogen-bond donors (Lipinski definition) is 2. The van der Waals surface area contributed by atoms with Gasteiger partial charge >= 0.3 is 0 Å². The number of nitrogens with one attached hydrogen (secondary N) is 1. The van der Waals surface area contributed by atoms with Crippen LogP contribution in [0.25, 0.3) is 0 Å². The van der Waals surface area contributed by atoms with Gasteiger partial charge in [-0.15, -0.1) is 0 Å². The second-order valence-corrected chi connectivity index (χ2v) is 5.01. The zero-order valence-electron chi connectivity index (χ0n) is 9.71. The van der Waals surface area contributed by atoms with Gasteiger partial charge in [0.2, 0.25) is 0 Å². The van der Waals surface area contributed by atoms with Crippen LogP contribution in [0.5, 0.6) is 0 Å². The summed E-state index contributed by atoms with van der Waals surface area (Å²) in [6.45, 7) is 3.09. The molecule has 6 heteroatoms. The van der Waals surface area contributed by atoms with Gasteiger partial charge in [-0.05, 0) is 25.3 Å². The Morgan fingerprint density at radius 3 is 2.71 bits per heavy atom. The van der Waals surface area contributed by atoms with Gasteiger partial charge in [0.05, 0.1) is 10.0 Å². The van der Waals surface area contributed by atoms with Crippen LogP contribution in [0.4, 0.5) is 11.6 Å². The predicted octanol–water partition coefficient (Wildman–Crippen LogP) is 3.05. The molecule has 3 N–H and O–H groups in total. The third kappa shape index (κ3) is 2.76. The molecule has 17 heavy (non-hydrogen) atoms. The van der Waals surface area contributed by atoms with Crippen molar-refractivity contribution in [1.29, 1.82) is 0 Å². The number of anilines is 2. The van der Waals surface area contributed by atoms with E-state index >= 15 is 0 Å². The lowest BCUT2D eigenvalue weighted by Gasteiger charge is -2.24. The molecule has 94 valence electrons. The van der Waals surface area contributed by atoms with Gasteiger partial charge in [0.25, 0.3) is 0 Å². The largest absolute Gasteiger partial charge is 0.352 e. The molecule has 1 fully saturated rings. The van der Waals surface area contributed by atoms with E-state index in [-0.39, 0.29) is 0 Å². The van der Waals surface area contributed by atoms with Crippen LogP contribution in [0.15, 0.2) is 6.07 Å². The number of nitrogen functional groups attached to an aromatic ring is 1. The molecule has 0 bridgehead atoms. The average molecular weight is 275 g/mol. The molecular weight excluding hydrogens is 259 g/mol. The second-order valence-electron chi connectivity index (χ2n) is 4.19. The van der Waals surface area contributed by atoms with Crippen LogP contribution < -0.4 is 16.2 Å². The molecule has 0 radical (unpaired) electrons. The molecule has 2 rings (SSSR count). The molecular formula is C11H16Cl2N4. The summed E-state index contributed by atoms with van der Waals surface area (Å²) in [7, 11) is 0. The molecule has 0 amide bonds. The second kappa shape index (κ2) is 5.29. The first-order valence-electron chi connectivity index (χ1n) is 5.76. The van der Waals surface area contributed by atoms with Crippen molar-refractivity contribution >= 4 is 34.8 Å². The van der Waals surface area contributed by atoms with E-state index in [2.05, 4.69) is 22.2 Å². The van der Waals surface area contributed by atoms with Gasteiger partial charge in [-0.25, -0.2) is 10.8 Å². The monoisotopic (exact) mass is 274 g/mol. The Balaban J connectivity index is 2.34. The Bertz CT molecular complexity index is 407. The van der Waals surface area contributed by atoms with Gasteiger partial charge in [0, 0.05) is 12.6 Å². The summed E-state index contributed by atoms with van der Waals surface area (Å²) >= 11 is 12.2. The topological polar surface area (TPSA) is 54.2 Å². The van der Waals surface area contributed by atoms with Crippen molar-refractivity contribution in [2.75, 3.05) is 16.9 Å². The summed E-state index contributed by atoms with van der Waals surface area (Å²) in [6.07, 6.45) is 3.46. The van der Waals surface area contributed by atoms with Crippen molar-refractivity contribution in [3.8, 4) is 0 Å². The molecule has 0 atom stereocenters. The number of hydrazine groups is 1. The number of halogens is 2. The highest BCUT2D eigenvalue weighted by Gasteiger charge is 2.31. The van der Waals surface area contributed by atoms with E-state index in [0.717, 1.165) is 18.8 Å². The molecule has 1 aliphatic carbocycles. The third-order valence-electron chi connectivity index (χ3n) is 2.77. The minimum Gasteiger partial charge on any atom is -0.352 e. The van der Waals surface area contributed by atoms with Gasteiger partial charge in [-0.2, -0.15) is 0 Å². The lowest BCUT2D eigenvalue weighted by Crippen LogP contribution is -2.28. The first kappa shape index (κ1) is 12.7.